The second-order valence-electron chi connectivity index (χ2n) is 4.12. The van der Waals surface area contributed by atoms with Crippen LogP contribution in [-0.4, -0.2) is 29.6 Å². The molecule has 0 aromatic carbocycles. The van der Waals surface area contributed by atoms with Crippen LogP contribution < -0.4 is 10.1 Å². The summed E-state index contributed by atoms with van der Waals surface area (Å²) in [6.07, 6.45) is 0.881. The van der Waals surface area contributed by atoms with Crippen molar-refractivity contribution in [2.45, 2.75) is 39.7 Å². The maximum Gasteiger partial charge on any atom is 0.349 e. The number of rotatable bonds is 7. The number of carbonyl (C=O) groups excluding carboxylic acids is 1. The minimum Gasteiger partial charge on any atom is -0.479 e. The van der Waals surface area contributed by atoms with E-state index in [0.717, 1.165) is 17.7 Å². The van der Waals surface area contributed by atoms with Crippen molar-refractivity contribution in [2.75, 3.05) is 6.54 Å². The van der Waals surface area contributed by atoms with E-state index in [9.17, 15) is 9.59 Å². The Morgan fingerprint density at radius 2 is 2.16 bits per heavy atom. The molecule has 0 aliphatic heterocycles. The van der Waals surface area contributed by atoms with Crippen LogP contribution in [0.4, 0.5) is 0 Å². The quantitative estimate of drug-likeness (QED) is 0.806. The van der Waals surface area contributed by atoms with Crippen LogP contribution >= 0.6 is 11.3 Å². The predicted octanol–water partition coefficient (Wildman–Crippen LogP) is 2.30. The maximum atomic E-state index is 11.7. The molecule has 0 bridgehead atoms. The predicted molar refractivity (Wildman–Crippen MR) is 74.0 cm³/mol. The Hall–Kier alpha value is -1.56. The number of hydrogen-bond donors (Lipinski definition) is 2. The van der Waals surface area contributed by atoms with Crippen LogP contribution in [0, 0.1) is 0 Å². The number of thiophene rings is 1. The van der Waals surface area contributed by atoms with Gasteiger partial charge in [-0.2, -0.15) is 0 Å². The Morgan fingerprint density at radius 3 is 2.68 bits per heavy atom. The largest absolute Gasteiger partial charge is 0.479 e. The Balaban J connectivity index is 2.77. The third-order valence-corrected chi connectivity index (χ3v) is 3.76. The minimum atomic E-state index is -1.03. The molecule has 1 heterocycles. The van der Waals surface area contributed by atoms with Gasteiger partial charge in [0.15, 0.2) is 11.0 Å². The highest BCUT2D eigenvalue weighted by Crippen LogP contribution is 2.30. The third kappa shape index (κ3) is 4.24. The number of hydrogen-bond acceptors (Lipinski definition) is 4. The Bertz CT molecular complexity index is 455. The number of amides is 1. The Kier molecular flexibility index (Phi) is 5.82. The average Bonchev–Trinajstić information content (AvgIpc) is 2.79. The Morgan fingerprint density at radius 1 is 1.47 bits per heavy atom. The van der Waals surface area contributed by atoms with Gasteiger partial charge in [-0.25, -0.2) is 4.79 Å². The summed E-state index contributed by atoms with van der Waals surface area (Å²) < 4.78 is 5.47. The lowest BCUT2D eigenvalue weighted by Gasteiger charge is -2.13. The van der Waals surface area contributed by atoms with E-state index in [1.165, 1.54) is 11.3 Å². The number of nitrogens with one attached hydrogen (secondary N) is 1. The van der Waals surface area contributed by atoms with Crippen molar-refractivity contribution >= 4 is 23.2 Å². The van der Waals surface area contributed by atoms with Crippen LogP contribution in [0.15, 0.2) is 6.07 Å². The van der Waals surface area contributed by atoms with Gasteiger partial charge >= 0.3 is 5.97 Å². The van der Waals surface area contributed by atoms with Gasteiger partial charge in [-0.05, 0) is 25.8 Å². The van der Waals surface area contributed by atoms with Crippen molar-refractivity contribution in [3.63, 3.8) is 0 Å². The lowest BCUT2D eigenvalue weighted by Crippen LogP contribution is -2.36. The van der Waals surface area contributed by atoms with E-state index in [1.807, 2.05) is 13.8 Å². The Labute approximate surface area is 116 Å². The summed E-state index contributed by atoms with van der Waals surface area (Å²) in [5, 5.41) is 11.8. The van der Waals surface area contributed by atoms with Gasteiger partial charge in [-0.15, -0.1) is 11.3 Å². The molecule has 0 saturated carbocycles. The fraction of sp³-hybridized carbons (Fsp3) is 0.538. The van der Waals surface area contributed by atoms with Gasteiger partial charge in [0.1, 0.15) is 5.75 Å². The molecule has 5 nitrogen and oxygen atoms in total. The molecule has 6 heteroatoms. The highest BCUT2D eigenvalue weighted by molar-refractivity contribution is 7.14. The topological polar surface area (TPSA) is 75.6 Å². The number of aryl methyl sites for hydroxylation is 1. The molecule has 0 spiro atoms. The van der Waals surface area contributed by atoms with Crippen molar-refractivity contribution in [1.82, 2.24) is 5.32 Å². The summed E-state index contributed by atoms with van der Waals surface area (Å²) in [4.78, 5) is 23.9. The summed E-state index contributed by atoms with van der Waals surface area (Å²) in [7, 11) is 0. The smallest absolute Gasteiger partial charge is 0.349 e. The average molecular weight is 285 g/mol. The van der Waals surface area contributed by atoms with Crippen molar-refractivity contribution in [1.29, 1.82) is 0 Å². The van der Waals surface area contributed by atoms with Crippen LogP contribution in [-0.2, 0) is 11.2 Å². The molecule has 1 atom stereocenters. The lowest BCUT2D eigenvalue weighted by atomic mass is 10.3. The van der Waals surface area contributed by atoms with Crippen LogP contribution in [0.2, 0.25) is 0 Å². The molecule has 0 aliphatic carbocycles. The number of carboxylic acid groups (broad SMARTS) is 1. The van der Waals surface area contributed by atoms with Crippen LogP contribution in [0.5, 0.6) is 5.75 Å². The molecule has 106 valence electrons. The minimum absolute atomic E-state index is 0.145. The zero-order valence-corrected chi connectivity index (χ0v) is 12.2. The van der Waals surface area contributed by atoms with E-state index >= 15 is 0 Å². The van der Waals surface area contributed by atoms with Gasteiger partial charge in [0.25, 0.3) is 5.91 Å². The molecule has 2 N–H and O–H groups in total. The molecule has 0 radical (unpaired) electrons. The fourth-order valence-electron chi connectivity index (χ4n) is 1.47. The van der Waals surface area contributed by atoms with Gasteiger partial charge in [0.2, 0.25) is 0 Å². The van der Waals surface area contributed by atoms with Gasteiger partial charge in [0.05, 0.1) is 0 Å². The van der Waals surface area contributed by atoms with E-state index in [2.05, 4.69) is 5.32 Å². The SMILES string of the molecule is CCCNC(=O)C(C)Oc1cc(CC)sc1C(=O)O. The van der Waals surface area contributed by atoms with Gasteiger partial charge in [-0.3, -0.25) is 4.79 Å². The second kappa shape index (κ2) is 7.13. The zero-order valence-electron chi connectivity index (χ0n) is 11.4. The first-order valence-electron chi connectivity index (χ1n) is 6.29. The highest BCUT2D eigenvalue weighted by atomic mass is 32.1. The first-order valence-corrected chi connectivity index (χ1v) is 7.11. The number of carboxylic acids is 1. The van der Waals surface area contributed by atoms with E-state index < -0.39 is 12.1 Å². The molecule has 1 aromatic rings. The summed E-state index contributed by atoms with van der Waals surface area (Å²) in [5.41, 5.74) is 0. The normalized spacial score (nSPS) is 11.9. The third-order valence-electron chi connectivity index (χ3n) is 2.51. The van der Waals surface area contributed by atoms with Crippen molar-refractivity contribution in [3.05, 3.63) is 15.8 Å². The molecular weight excluding hydrogens is 266 g/mol. The van der Waals surface area contributed by atoms with Crippen LogP contribution in [0.3, 0.4) is 0 Å². The molecular formula is C13H19NO4S. The van der Waals surface area contributed by atoms with Gasteiger partial charge in [0, 0.05) is 11.4 Å². The monoisotopic (exact) mass is 285 g/mol. The highest BCUT2D eigenvalue weighted by Gasteiger charge is 2.21. The maximum absolute atomic E-state index is 11.7. The van der Waals surface area contributed by atoms with E-state index in [1.54, 1.807) is 13.0 Å². The van der Waals surface area contributed by atoms with E-state index in [4.69, 9.17) is 9.84 Å². The first kappa shape index (κ1) is 15.5. The fourth-order valence-corrected chi connectivity index (χ4v) is 2.34. The van der Waals surface area contributed by atoms with Gasteiger partial charge in [-0.1, -0.05) is 13.8 Å². The molecule has 1 aromatic heterocycles. The molecule has 1 rings (SSSR count). The number of carbonyl (C=O) groups is 2. The molecule has 0 fully saturated rings. The second-order valence-corrected chi connectivity index (χ2v) is 5.25. The summed E-state index contributed by atoms with van der Waals surface area (Å²) in [6, 6.07) is 1.69. The van der Waals surface area contributed by atoms with Crippen LogP contribution in [0.25, 0.3) is 0 Å². The molecule has 1 amide bonds. The van der Waals surface area contributed by atoms with Crippen molar-refractivity contribution < 1.29 is 19.4 Å². The summed E-state index contributed by atoms with van der Waals surface area (Å²) in [6.45, 7) is 6.10. The molecule has 0 saturated heterocycles. The standard InChI is InChI=1S/C13H19NO4S/c1-4-6-14-12(15)8(3)18-10-7-9(5-2)19-11(10)13(16)17/h7-8H,4-6H2,1-3H3,(H,14,15)(H,16,17). The zero-order chi connectivity index (χ0) is 14.4. The van der Waals surface area contributed by atoms with Crippen molar-refractivity contribution in [2.24, 2.45) is 0 Å². The van der Waals surface area contributed by atoms with E-state index in [-0.39, 0.29) is 16.5 Å². The molecule has 1 unspecified atom stereocenters. The number of aromatic carboxylic acids is 1. The lowest BCUT2D eigenvalue weighted by molar-refractivity contribution is -0.127. The van der Waals surface area contributed by atoms with Gasteiger partial charge < -0.3 is 15.2 Å². The summed E-state index contributed by atoms with van der Waals surface area (Å²) in [5.74, 6) is -0.989. The summed E-state index contributed by atoms with van der Waals surface area (Å²) >= 11 is 1.18. The van der Waals surface area contributed by atoms with Crippen molar-refractivity contribution in [3.8, 4) is 5.75 Å². The number of ether oxygens (including phenoxy) is 1. The molecule has 0 aliphatic rings. The first-order chi connectivity index (χ1) is 8.99. The van der Waals surface area contributed by atoms with Crippen LogP contribution in [0.1, 0.15) is 41.7 Å². The molecule has 19 heavy (non-hydrogen) atoms. The van der Waals surface area contributed by atoms with E-state index in [0.29, 0.717) is 6.54 Å².